The van der Waals surface area contributed by atoms with Crippen molar-refractivity contribution in [1.29, 1.82) is 0 Å². The van der Waals surface area contributed by atoms with Crippen LogP contribution in [-0.2, 0) is 5.88 Å². The molecular formula is C14H20ClF2N. The fourth-order valence-electron chi connectivity index (χ4n) is 2.09. The number of halogens is 3. The second kappa shape index (κ2) is 6.37. The number of benzene rings is 1. The van der Waals surface area contributed by atoms with Crippen LogP contribution >= 0.6 is 11.6 Å². The van der Waals surface area contributed by atoms with Gasteiger partial charge in [-0.25, -0.2) is 8.78 Å². The second-order valence-corrected chi connectivity index (χ2v) is 5.40. The van der Waals surface area contributed by atoms with E-state index in [0.717, 1.165) is 6.42 Å². The predicted octanol–water partition coefficient (Wildman–Crippen LogP) is 4.57. The van der Waals surface area contributed by atoms with E-state index in [2.05, 4.69) is 13.8 Å². The molecule has 0 aromatic heterocycles. The summed E-state index contributed by atoms with van der Waals surface area (Å²) in [6, 6.07) is 2.67. The molecule has 0 bridgehead atoms. The molecule has 0 heterocycles. The zero-order valence-corrected chi connectivity index (χ0v) is 12.1. The van der Waals surface area contributed by atoms with Crippen molar-refractivity contribution in [2.24, 2.45) is 5.92 Å². The van der Waals surface area contributed by atoms with Crippen LogP contribution in [-0.4, -0.2) is 13.1 Å². The largest absolute Gasteiger partial charge is 0.367 e. The van der Waals surface area contributed by atoms with Crippen molar-refractivity contribution < 1.29 is 8.78 Å². The van der Waals surface area contributed by atoms with Crippen LogP contribution in [0.5, 0.6) is 0 Å². The van der Waals surface area contributed by atoms with Crippen molar-refractivity contribution >= 4 is 17.3 Å². The van der Waals surface area contributed by atoms with E-state index in [1.165, 1.54) is 12.1 Å². The molecule has 1 nitrogen and oxygen atoms in total. The monoisotopic (exact) mass is 275 g/mol. The van der Waals surface area contributed by atoms with Crippen LogP contribution in [0.25, 0.3) is 0 Å². The lowest BCUT2D eigenvalue weighted by Crippen LogP contribution is -2.31. The topological polar surface area (TPSA) is 3.24 Å². The molecule has 1 aromatic carbocycles. The zero-order chi connectivity index (χ0) is 13.9. The summed E-state index contributed by atoms with van der Waals surface area (Å²) in [4.78, 5) is 1.66. The van der Waals surface area contributed by atoms with Crippen LogP contribution in [0.2, 0.25) is 0 Å². The molecule has 0 saturated heterocycles. The highest BCUT2D eigenvalue weighted by Gasteiger charge is 2.19. The lowest BCUT2D eigenvalue weighted by molar-refractivity contribution is 0.488. The number of anilines is 1. The first kappa shape index (κ1) is 15.2. The van der Waals surface area contributed by atoms with Gasteiger partial charge in [0.1, 0.15) is 17.3 Å². The Hall–Kier alpha value is -0.830. The first-order chi connectivity index (χ1) is 8.36. The average molecular weight is 276 g/mol. The summed E-state index contributed by atoms with van der Waals surface area (Å²) < 4.78 is 27.8. The first-order valence-corrected chi connectivity index (χ1v) is 6.67. The third-order valence-corrected chi connectivity index (χ3v) is 3.37. The maximum Gasteiger partial charge on any atom is 0.149 e. The maximum absolute atomic E-state index is 13.9. The van der Waals surface area contributed by atoms with Crippen molar-refractivity contribution in [2.75, 3.05) is 11.9 Å². The molecule has 0 spiro atoms. The van der Waals surface area contributed by atoms with Crippen molar-refractivity contribution in [3.05, 3.63) is 29.3 Å². The summed E-state index contributed by atoms with van der Waals surface area (Å²) in [5, 5.41) is 0. The molecule has 1 rings (SSSR count). The van der Waals surface area contributed by atoms with E-state index in [1.807, 2.05) is 6.92 Å². The maximum atomic E-state index is 13.9. The van der Waals surface area contributed by atoms with Gasteiger partial charge in [0.15, 0.2) is 0 Å². The minimum atomic E-state index is -0.552. The van der Waals surface area contributed by atoms with E-state index < -0.39 is 11.6 Å². The summed E-state index contributed by atoms with van der Waals surface area (Å²) in [6.07, 6.45) is 0.882. The Morgan fingerprint density at radius 2 is 1.67 bits per heavy atom. The molecule has 0 amide bonds. The molecule has 0 aliphatic heterocycles. The number of hydrogen-bond acceptors (Lipinski definition) is 1. The molecule has 0 aliphatic rings. The average Bonchev–Trinajstić information content (AvgIpc) is 2.26. The highest BCUT2D eigenvalue weighted by molar-refractivity contribution is 6.17. The van der Waals surface area contributed by atoms with E-state index in [1.54, 1.807) is 11.9 Å². The van der Waals surface area contributed by atoms with Crippen molar-refractivity contribution in [3.63, 3.8) is 0 Å². The molecule has 0 aliphatic carbocycles. The third kappa shape index (κ3) is 3.58. The van der Waals surface area contributed by atoms with E-state index in [9.17, 15) is 8.78 Å². The van der Waals surface area contributed by atoms with Crippen LogP contribution in [0.15, 0.2) is 12.1 Å². The lowest BCUT2D eigenvalue weighted by atomic mass is 10.0. The SMILES string of the molecule is CC(C)CC(C)N(C)c1c(F)cc(CCl)cc1F. The molecule has 102 valence electrons. The summed E-state index contributed by atoms with van der Waals surface area (Å²) in [5.74, 6) is -0.512. The van der Waals surface area contributed by atoms with Crippen molar-refractivity contribution in [2.45, 2.75) is 39.1 Å². The summed E-state index contributed by atoms with van der Waals surface area (Å²) in [5.41, 5.74) is 0.484. The smallest absolute Gasteiger partial charge is 0.149 e. The normalized spacial score (nSPS) is 12.9. The second-order valence-electron chi connectivity index (χ2n) is 5.13. The Morgan fingerprint density at radius 1 is 1.17 bits per heavy atom. The van der Waals surface area contributed by atoms with E-state index in [4.69, 9.17) is 11.6 Å². The van der Waals surface area contributed by atoms with Gasteiger partial charge in [-0.3, -0.25) is 0 Å². The molecule has 0 N–H and O–H groups in total. The Bertz CT molecular complexity index is 384. The number of rotatable bonds is 5. The fourth-order valence-corrected chi connectivity index (χ4v) is 2.25. The van der Waals surface area contributed by atoms with Crippen LogP contribution in [0, 0.1) is 17.6 Å². The van der Waals surface area contributed by atoms with Gasteiger partial charge in [0.25, 0.3) is 0 Å². The fraction of sp³-hybridized carbons (Fsp3) is 0.571. The van der Waals surface area contributed by atoms with E-state index in [-0.39, 0.29) is 17.6 Å². The Balaban J connectivity index is 3.02. The quantitative estimate of drug-likeness (QED) is 0.711. The van der Waals surface area contributed by atoms with Crippen LogP contribution in [0.1, 0.15) is 32.8 Å². The highest BCUT2D eigenvalue weighted by Crippen LogP contribution is 2.27. The number of hydrogen-bond donors (Lipinski definition) is 0. The molecule has 0 fully saturated rings. The van der Waals surface area contributed by atoms with Crippen molar-refractivity contribution in [3.8, 4) is 0 Å². The Morgan fingerprint density at radius 3 is 2.06 bits per heavy atom. The minimum absolute atomic E-state index is 0.0250. The van der Waals surface area contributed by atoms with Gasteiger partial charge in [-0.15, -0.1) is 11.6 Å². The molecule has 4 heteroatoms. The summed E-state index contributed by atoms with van der Waals surface area (Å²) in [6.45, 7) is 6.15. The Kier molecular flexibility index (Phi) is 5.39. The van der Waals surface area contributed by atoms with Crippen molar-refractivity contribution in [1.82, 2.24) is 0 Å². The minimum Gasteiger partial charge on any atom is -0.367 e. The zero-order valence-electron chi connectivity index (χ0n) is 11.3. The van der Waals surface area contributed by atoms with E-state index >= 15 is 0 Å². The van der Waals surface area contributed by atoms with E-state index in [0.29, 0.717) is 11.5 Å². The lowest BCUT2D eigenvalue weighted by Gasteiger charge is -2.29. The molecule has 1 aromatic rings. The molecule has 0 radical (unpaired) electrons. The van der Waals surface area contributed by atoms with Crippen LogP contribution in [0.4, 0.5) is 14.5 Å². The molecule has 18 heavy (non-hydrogen) atoms. The summed E-state index contributed by atoms with van der Waals surface area (Å²) in [7, 11) is 1.72. The standard InChI is InChI=1S/C14H20ClF2N/c1-9(2)5-10(3)18(4)14-12(16)6-11(8-15)7-13(14)17/h6-7,9-10H,5,8H2,1-4H3. The molecular weight excluding hydrogens is 256 g/mol. The first-order valence-electron chi connectivity index (χ1n) is 6.13. The molecule has 0 saturated carbocycles. The van der Waals surface area contributed by atoms with Gasteiger partial charge in [0.2, 0.25) is 0 Å². The van der Waals surface area contributed by atoms with Crippen LogP contribution < -0.4 is 4.90 Å². The van der Waals surface area contributed by atoms with Gasteiger partial charge < -0.3 is 4.90 Å². The van der Waals surface area contributed by atoms with Gasteiger partial charge >= 0.3 is 0 Å². The number of alkyl halides is 1. The van der Waals surface area contributed by atoms with Gasteiger partial charge in [0.05, 0.1) is 0 Å². The van der Waals surface area contributed by atoms with Gasteiger partial charge in [-0.2, -0.15) is 0 Å². The Labute approximate surface area is 113 Å². The van der Waals surface area contributed by atoms with Crippen LogP contribution in [0.3, 0.4) is 0 Å². The summed E-state index contributed by atoms with van der Waals surface area (Å²) >= 11 is 5.59. The molecule has 1 unspecified atom stereocenters. The number of nitrogens with zero attached hydrogens (tertiary/aromatic N) is 1. The van der Waals surface area contributed by atoms with Gasteiger partial charge in [0, 0.05) is 19.0 Å². The van der Waals surface area contributed by atoms with Gasteiger partial charge in [-0.1, -0.05) is 13.8 Å². The predicted molar refractivity (Wildman–Crippen MR) is 73.2 cm³/mol. The third-order valence-electron chi connectivity index (χ3n) is 3.06. The molecule has 1 atom stereocenters. The van der Waals surface area contributed by atoms with Gasteiger partial charge in [-0.05, 0) is 37.0 Å². The highest BCUT2D eigenvalue weighted by atomic mass is 35.5.